The first kappa shape index (κ1) is 12.5. The highest BCUT2D eigenvalue weighted by Crippen LogP contribution is 2.39. The third-order valence-corrected chi connectivity index (χ3v) is 3.78. The van der Waals surface area contributed by atoms with Crippen molar-refractivity contribution >= 4 is 23.2 Å². The molecule has 0 spiro atoms. The highest BCUT2D eigenvalue weighted by Gasteiger charge is 2.37. The smallest absolute Gasteiger partial charge is 0.249 e. The Bertz CT molecular complexity index is 635. The number of carbonyl (C=O) groups excluding carboxylic acids is 2. The number of carbonyl (C=O) groups is 2. The van der Waals surface area contributed by atoms with Gasteiger partial charge in [0.2, 0.25) is 11.8 Å². The van der Waals surface area contributed by atoms with Gasteiger partial charge in [0.05, 0.1) is 23.6 Å². The van der Waals surface area contributed by atoms with E-state index in [1.165, 1.54) is 0 Å². The van der Waals surface area contributed by atoms with Crippen LogP contribution in [0.15, 0.2) is 18.2 Å². The number of hydrogen-bond acceptors (Lipinski definition) is 5. The molecular formula is C14H14N4O2. The van der Waals surface area contributed by atoms with Gasteiger partial charge in [-0.2, -0.15) is 5.26 Å². The Morgan fingerprint density at radius 3 is 2.90 bits per heavy atom. The third kappa shape index (κ3) is 1.79. The van der Waals surface area contributed by atoms with Crippen LogP contribution in [0, 0.1) is 11.3 Å². The minimum absolute atomic E-state index is 0.218. The maximum absolute atomic E-state index is 12.0. The van der Waals surface area contributed by atoms with Gasteiger partial charge in [-0.05, 0) is 18.6 Å². The lowest BCUT2D eigenvalue weighted by Crippen LogP contribution is -2.53. The molecule has 1 fully saturated rings. The summed E-state index contributed by atoms with van der Waals surface area (Å²) in [5.41, 5.74) is 2.32. The lowest BCUT2D eigenvalue weighted by molar-refractivity contribution is -0.134. The van der Waals surface area contributed by atoms with E-state index in [9.17, 15) is 14.9 Å². The first-order valence-corrected chi connectivity index (χ1v) is 6.46. The lowest BCUT2D eigenvalue weighted by atomic mass is 10.0. The van der Waals surface area contributed by atoms with Crippen molar-refractivity contribution in [3.05, 3.63) is 23.8 Å². The topological polar surface area (TPSA) is 76.4 Å². The minimum atomic E-state index is -0.356. The maximum Gasteiger partial charge on any atom is 0.249 e. The molecule has 1 saturated heterocycles. The van der Waals surface area contributed by atoms with E-state index in [4.69, 9.17) is 0 Å². The molecule has 3 rings (SSSR count). The molecule has 6 nitrogen and oxygen atoms in total. The van der Waals surface area contributed by atoms with Crippen molar-refractivity contribution in [2.75, 3.05) is 23.5 Å². The number of para-hydroxylation sites is 1. The summed E-state index contributed by atoms with van der Waals surface area (Å²) in [7, 11) is 1.89. The molecule has 1 aromatic carbocycles. The van der Waals surface area contributed by atoms with Gasteiger partial charge in [0.25, 0.3) is 0 Å². The third-order valence-electron chi connectivity index (χ3n) is 3.78. The quantitative estimate of drug-likeness (QED) is 0.755. The SMILES string of the molecule is CN1CN(C2CCC(=O)NC2=O)c2cccc(C#N)c21. The largest absolute Gasteiger partial charge is 0.354 e. The van der Waals surface area contributed by atoms with E-state index in [2.05, 4.69) is 11.4 Å². The zero-order valence-corrected chi connectivity index (χ0v) is 11.1. The standard InChI is InChI=1S/C14H14N4O2/c1-17-8-18(11-5-6-12(19)16-14(11)20)10-4-2-3-9(7-15)13(10)17/h2-4,11H,5-6,8H2,1H3,(H,16,19,20). The van der Waals surface area contributed by atoms with E-state index in [0.717, 1.165) is 11.4 Å². The average Bonchev–Trinajstić information content (AvgIpc) is 2.76. The number of imide groups is 1. The number of nitrogens with zero attached hydrogens (tertiary/aromatic N) is 3. The van der Waals surface area contributed by atoms with Crippen LogP contribution in [-0.4, -0.2) is 31.6 Å². The second kappa shape index (κ2) is 4.53. The predicted molar refractivity (Wildman–Crippen MR) is 73.1 cm³/mol. The fourth-order valence-corrected chi connectivity index (χ4v) is 2.88. The van der Waals surface area contributed by atoms with Crippen molar-refractivity contribution in [2.24, 2.45) is 0 Å². The Hall–Kier alpha value is -2.55. The Balaban J connectivity index is 1.98. The lowest BCUT2D eigenvalue weighted by Gasteiger charge is -2.31. The van der Waals surface area contributed by atoms with Crippen LogP contribution in [0.2, 0.25) is 0 Å². The van der Waals surface area contributed by atoms with Crippen molar-refractivity contribution in [1.29, 1.82) is 5.26 Å². The first-order chi connectivity index (χ1) is 9.61. The Labute approximate surface area is 116 Å². The van der Waals surface area contributed by atoms with E-state index < -0.39 is 0 Å². The van der Waals surface area contributed by atoms with E-state index in [-0.39, 0.29) is 17.9 Å². The van der Waals surface area contributed by atoms with Gasteiger partial charge in [0.15, 0.2) is 0 Å². The summed E-state index contributed by atoms with van der Waals surface area (Å²) in [5.74, 6) is -0.477. The predicted octanol–water partition coefficient (Wildman–Crippen LogP) is 0.577. The van der Waals surface area contributed by atoms with Crippen LogP contribution < -0.4 is 15.1 Å². The fraction of sp³-hybridized carbons (Fsp3) is 0.357. The van der Waals surface area contributed by atoms with Gasteiger partial charge in [-0.25, -0.2) is 0 Å². The molecular weight excluding hydrogens is 256 g/mol. The number of hydrogen-bond donors (Lipinski definition) is 1. The van der Waals surface area contributed by atoms with Crippen molar-refractivity contribution in [2.45, 2.75) is 18.9 Å². The molecule has 0 aromatic heterocycles. The highest BCUT2D eigenvalue weighted by molar-refractivity contribution is 6.02. The molecule has 2 aliphatic heterocycles. The monoisotopic (exact) mass is 270 g/mol. The Morgan fingerprint density at radius 2 is 2.20 bits per heavy atom. The van der Waals surface area contributed by atoms with Gasteiger partial charge < -0.3 is 9.80 Å². The molecule has 2 amide bonds. The number of rotatable bonds is 1. The molecule has 0 saturated carbocycles. The summed E-state index contributed by atoms with van der Waals surface area (Å²) in [5, 5.41) is 11.6. The number of amides is 2. The summed E-state index contributed by atoms with van der Waals surface area (Å²) in [6, 6.07) is 7.31. The number of nitrogens with one attached hydrogen (secondary N) is 1. The van der Waals surface area contributed by atoms with Gasteiger partial charge in [-0.1, -0.05) is 6.07 Å². The number of nitriles is 1. The van der Waals surface area contributed by atoms with Gasteiger partial charge in [-0.3, -0.25) is 14.9 Å². The maximum atomic E-state index is 12.0. The summed E-state index contributed by atoms with van der Waals surface area (Å²) in [4.78, 5) is 27.2. The molecule has 2 heterocycles. The van der Waals surface area contributed by atoms with Crippen molar-refractivity contribution in [1.82, 2.24) is 5.32 Å². The molecule has 1 aromatic rings. The van der Waals surface area contributed by atoms with Gasteiger partial charge in [0.1, 0.15) is 12.1 Å². The van der Waals surface area contributed by atoms with E-state index in [1.807, 2.05) is 29.0 Å². The second-order valence-electron chi connectivity index (χ2n) is 5.06. The van der Waals surface area contributed by atoms with Crippen LogP contribution in [0.4, 0.5) is 11.4 Å². The second-order valence-corrected chi connectivity index (χ2v) is 5.06. The van der Waals surface area contributed by atoms with Gasteiger partial charge in [0, 0.05) is 13.5 Å². The number of fused-ring (bicyclic) bond motifs is 1. The Morgan fingerprint density at radius 1 is 1.40 bits per heavy atom. The average molecular weight is 270 g/mol. The molecule has 0 aliphatic carbocycles. The number of anilines is 2. The molecule has 6 heteroatoms. The summed E-state index contributed by atoms with van der Waals surface area (Å²) in [6.45, 7) is 0.542. The number of piperidine rings is 1. The Kier molecular flexibility index (Phi) is 2.83. The van der Waals surface area contributed by atoms with Crippen molar-refractivity contribution in [3.8, 4) is 6.07 Å². The number of benzene rings is 1. The van der Waals surface area contributed by atoms with Crippen LogP contribution in [0.1, 0.15) is 18.4 Å². The van der Waals surface area contributed by atoms with Crippen LogP contribution in [0.5, 0.6) is 0 Å². The minimum Gasteiger partial charge on any atom is -0.354 e. The van der Waals surface area contributed by atoms with Crippen LogP contribution in [-0.2, 0) is 9.59 Å². The fourth-order valence-electron chi connectivity index (χ4n) is 2.88. The molecule has 1 atom stereocenters. The van der Waals surface area contributed by atoms with Crippen LogP contribution in [0.25, 0.3) is 0 Å². The summed E-state index contributed by atoms with van der Waals surface area (Å²) >= 11 is 0. The molecule has 102 valence electrons. The normalized spacial score (nSPS) is 21.5. The zero-order chi connectivity index (χ0) is 14.3. The molecule has 0 bridgehead atoms. The van der Waals surface area contributed by atoms with Crippen molar-refractivity contribution in [3.63, 3.8) is 0 Å². The first-order valence-electron chi connectivity index (χ1n) is 6.46. The summed E-state index contributed by atoms with van der Waals surface area (Å²) < 4.78 is 0. The molecule has 2 aliphatic rings. The van der Waals surface area contributed by atoms with E-state index in [1.54, 1.807) is 6.07 Å². The molecule has 20 heavy (non-hydrogen) atoms. The van der Waals surface area contributed by atoms with Crippen LogP contribution >= 0.6 is 0 Å². The zero-order valence-electron chi connectivity index (χ0n) is 11.1. The molecule has 1 N–H and O–H groups in total. The summed E-state index contributed by atoms with van der Waals surface area (Å²) in [6.07, 6.45) is 0.860. The highest BCUT2D eigenvalue weighted by atomic mass is 16.2. The molecule has 1 unspecified atom stereocenters. The van der Waals surface area contributed by atoms with Gasteiger partial charge >= 0.3 is 0 Å². The van der Waals surface area contributed by atoms with Gasteiger partial charge in [-0.15, -0.1) is 0 Å². The van der Waals surface area contributed by atoms with Crippen molar-refractivity contribution < 1.29 is 9.59 Å². The van der Waals surface area contributed by atoms with E-state index >= 15 is 0 Å². The van der Waals surface area contributed by atoms with Crippen LogP contribution in [0.3, 0.4) is 0 Å². The molecule has 0 radical (unpaired) electrons. The van der Waals surface area contributed by atoms with E-state index in [0.29, 0.717) is 25.1 Å².